The number of rotatable bonds is 9. The molecule has 7 N–H and O–H groups in total. The van der Waals surface area contributed by atoms with Crippen LogP contribution in [0.15, 0.2) is 20.5 Å². The number of hydrogen-bond donors (Lipinski definition) is 6. The Morgan fingerprint density at radius 1 is 0.717 bits per heavy atom. The van der Waals surface area contributed by atoms with Crippen molar-refractivity contribution >= 4 is 20.2 Å². The van der Waals surface area contributed by atoms with E-state index >= 15 is 0 Å². The zero-order valence-electron chi connectivity index (χ0n) is 26.5. The summed E-state index contributed by atoms with van der Waals surface area (Å²) < 4.78 is 73.0. The van der Waals surface area contributed by atoms with E-state index in [9.17, 15) is 36.2 Å². The molecule has 5 saturated carbocycles. The third-order valence-electron chi connectivity index (χ3n) is 11.3. The van der Waals surface area contributed by atoms with Crippen LogP contribution in [0.2, 0.25) is 0 Å². The summed E-state index contributed by atoms with van der Waals surface area (Å²) in [6, 6.07) is -1.66. The van der Waals surface area contributed by atoms with Gasteiger partial charge in [0.05, 0.1) is 41.7 Å². The summed E-state index contributed by atoms with van der Waals surface area (Å²) in [7, 11) is -7.09. The Labute approximate surface area is 272 Å². The molecule has 0 aromatic carbocycles. The lowest BCUT2D eigenvalue weighted by Gasteiger charge is -2.47. The van der Waals surface area contributed by atoms with E-state index in [0.717, 1.165) is 38.5 Å². The van der Waals surface area contributed by atoms with E-state index < -0.39 is 67.2 Å². The van der Waals surface area contributed by atoms with Gasteiger partial charge in [0.15, 0.2) is 0 Å². The second-order valence-electron chi connectivity index (χ2n) is 14.3. The van der Waals surface area contributed by atoms with Crippen molar-refractivity contribution in [3.63, 3.8) is 0 Å². The number of azo groups is 2. The lowest BCUT2D eigenvalue weighted by atomic mass is 9.66. The molecular formula is C29H52N6O9S2. The van der Waals surface area contributed by atoms with Crippen molar-refractivity contribution in [1.82, 2.24) is 5.32 Å². The summed E-state index contributed by atoms with van der Waals surface area (Å²) in [5, 5.41) is 41.5. The molecule has 0 spiro atoms. The quantitative estimate of drug-likeness (QED) is 0.151. The molecule has 46 heavy (non-hydrogen) atoms. The Morgan fingerprint density at radius 3 is 2.00 bits per heavy atom. The number of ether oxygens (including phenoxy) is 1. The number of nitrogens with two attached hydrogens (primary N) is 1. The molecule has 15 nitrogen and oxygen atoms in total. The van der Waals surface area contributed by atoms with E-state index in [-0.39, 0.29) is 49.2 Å². The highest BCUT2D eigenvalue weighted by Gasteiger charge is 2.51. The Hall–Kier alpha value is -1.18. The summed E-state index contributed by atoms with van der Waals surface area (Å²) in [5.74, 6) is -0.252. The van der Waals surface area contributed by atoms with Crippen molar-refractivity contribution in [1.29, 1.82) is 0 Å². The molecule has 0 bridgehead atoms. The van der Waals surface area contributed by atoms with Gasteiger partial charge in [-0.2, -0.15) is 37.3 Å². The van der Waals surface area contributed by atoms with E-state index in [1.165, 1.54) is 7.11 Å². The van der Waals surface area contributed by atoms with Gasteiger partial charge in [-0.3, -0.25) is 9.11 Å². The van der Waals surface area contributed by atoms with Crippen LogP contribution in [0.1, 0.15) is 89.9 Å². The maximum Gasteiger partial charge on any atom is 0.270 e. The van der Waals surface area contributed by atoms with Crippen molar-refractivity contribution in [2.75, 3.05) is 7.11 Å². The predicted octanol–water partition coefficient (Wildman–Crippen LogP) is 2.03. The number of nitrogens with zero attached hydrogens (tertiary/aromatic N) is 4. The number of aliphatic hydroxyl groups excluding tert-OH is 2. The third kappa shape index (κ3) is 8.88. The SMILES string of the molecule is COC1CC(N=NC2C(O)C3CCC(NC4CCC(N)CC4)CC3CC2S(=O)(=O)O)C(O)CC1N=NC1CCC(S(=O)(=O)O)CC1. The molecule has 5 aliphatic rings. The highest BCUT2D eigenvalue weighted by Crippen LogP contribution is 2.44. The second kappa shape index (κ2) is 15.2. The highest BCUT2D eigenvalue weighted by molar-refractivity contribution is 7.86. The molecule has 0 aliphatic heterocycles. The van der Waals surface area contributed by atoms with Gasteiger partial charge in [-0.25, -0.2) is 0 Å². The molecule has 5 fully saturated rings. The zero-order valence-corrected chi connectivity index (χ0v) is 28.1. The minimum atomic E-state index is -4.54. The van der Waals surface area contributed by atoms with E-state index in [1.54, 1.807) is 0 Å². The number of nitrogens with one attached hydrogen (secondary N) is 1. The molecule has 0 aromatic heterocycles. The summed E-state index contributed by atoms with van der Waals surface area (Å²) in [4.78, 5) is 0. The first kappa shape index (κ1) is 36.1. The van der Waals surface area contributed by atoms with Gasteiger partial charge in [0.1, 0.15) is 11.3 Å². The Balaban J connectivity index is 1.19. The summed E-state index contributed by atoms with van der Waals surface area (Å²) >= 11 is 0. The van der Waals surface area contributed by atoms with Crippen molar-refractivity contribution in [2.24, 2.45) is 38.0 Å². The van der Waals surface area contributed by atoms with Crippen LogP contribution in [0.5, 0.6) is 0 Å². The van der Waals surface area contributed by atoms with E-state index in [1.807, 2.05) is 0 Å². The first-order valence-corrected chi connectivity index (χ1v) is 19.9. The fourth-order valence-electron chi connectivity index (χ4n) is 8.54. The normalized spacial score (nSPS) is 44.7. The van der Waals surface area contributed by atoms with Crippen LogP contribution in [-0.4, -0.2) is 114 Å². The standard InChI is InChI=1S/C29H52N6O9S2/c1-44-26-15-23(25(36)14-24(26)34-32-19-6-9-21(10-7-19)45(38,39)40)33-35-28-27(46(41,42)43)13-16-12-20(8-11-22(16)29(28)37)31-18-4-2-17(30)3-5-18/h16-29,31,36-37H,2-15,30H2,1H3,(H,38,39,40)(H,41,42,43). The minimum absolute atomic E-state index is 0.0853. The topological polar surface area (TPSA) is 246 Å². The molecule has 0 aromatic rings. The first-order chi connectivity index (χ1) is 21.7. The molecule has 0 amide bonds. The maximum absolute atomic E-state index is 12.6. The van der Waals surface area contributed by atoms with Crippen LogP contribution in [0, 0.1) is 11.8 Å². The lowest BCUT2D eigenvalue weighted by Crippen LogP contribution is -2.56. The Kier molecular flexibility index (Phi) is 11.9. The van der Waals surface area contributed by atoms with Crippen molar-refractivity contribution in [3.05, 3.63) is 0 Å². The average Bonchev–Trinajstić information content (AvgIpc) is 3.00. The minimum Gasteiger partial charge on any atom is -0.391 e. The van der Waals surface area contributed by atoms with Crippen LogP contribution in [0.25, 0.3) is 0 Å². The van der Waals surface area contributed by atoms with Gasteiger partial charge in [0.25, 0.3) is 20.2 Å². The van der Waals surface area contributed by atoms with Gasteiger partial charge in [0.2, 0.25) is 0 Å². The number of methoxy groups -OCH3 is 1. The third-order valence-corrected chi connectivity index (χ3v) is 13.8. The smallest absolute Gasteiger partial charge is 0.270 e. The second-order valence-corrected chi connectivity index (χ2v) is 17.7. The lowest BCUT2D eigenvalue weighted by molar-refractivity contribution is -0.0179. The number of fused-ring (bicyclic) bond motifs is 1. The monoisotopic (exact) mass is 692 g/mol. The van der Waals surface area contributed by atoms with Crippen LogP contribution in [-0.2, 0) is 25.0 Å². The van der Waals surface area contributed by atoms with Crippen molar-refractivity contribution in [2.45, 2.75) is 161 Å². The Morgan fingerprint density at radius 2 is 1.37 bits per heavy atom. The molecule has 264 valence electrons. The molecule has 0 saturated heterocycles. The van der Waals surface area contributed by atoms with E-state index in [2.05, 4.69) is 25.8 Å². The molecule has 5 rings (SSSR count). The average molecular weight is 693 g/mol. The molecule has 10 atom stereocenters. The molecule has 5 aliphatic carbocycles. The van der Waals surface area contributed by atoms with Crippen LogP contribution >= 0.6 is 0 Å². The molecule has 0 heterocycles. The van der Waals surface area contributed by atoms with Gasteiger partial charge in [-0.15, -0.1) is 0 Å². The Bertz CT molecular complexity index is 1290. The molecule has 10 unspecified atom stereocenters. The first-order valence-electron chi connectivity index (χ1n) is 16.9. The van der Waals surface area contributed by atoms with Gasteiger partial charge in [-0.05, 0) is 88.9 Å². The van der Waals surface area contributed by atoms with Crippen molar-refractivity contribution in [3.8, 4) is 0 Å². The van der Waals surface area contributed by atoms with Crippen LogP contribution in [0.4, 0.5) is 0 Å². The van der Waals surface area contributed by atoms with Gasteiger partial charge in [0, 0.05) is 38.1 Å². The molecule has 17 heteroatoms. The fourth-order valence-corrected chi connectivity index (χ4v) is 10.5. The van der Waals surface area contributed by atoms with Crippen LogP contribution < -0.4 is 11.1 Å². The number of hydrogen-bond acceptors (Lipinski definition) is 13. The van der Waals surface area contributed by atoms with Crippen molar-refractivity contribution < 1.29 is 40.9 Å². The molecule has 0 radical (unpaired) electrons. The van der Waals surface area contributed by atoms with E-state index in [4.69, 9.17) is 10.5 Å². The van der Waals surface area contributed by atoms with Gasteiger partial charge >= 0.3 is 0 Å². The van der Waals surface area contributed by atoms with Gasteiger partial charge < -0.3 is 26.0 Å². The maximum atomic E-state index is 12.6. The number of aliphatic hydroxyl groups is 2. The highest BCUT2D eigenvalue weighted by atomic mass is 32.2. The van der Waals surface area contributed by atoms with Crippen LogP contribution in [0.3, 0.4) is 0 Å². The largest absolute Gasteiger partial charge is 0.391 e. The van der Waals surface area contributed by atoms with Gasteiger partial charge in [-0.1, -0.05) is 0 Å². The predicted molar refractivity (Wildman–Crippen MR) is 169 cm³/mol. The summed E-state index contributed by atoms with van der Waals surface area (Å²) in [6.45, 7) is 0. The summed E-state index contributed by atoms with van der Waals surface area (Å²) in [6.07, 6.45) is 5.94. The molecular weight excluding hydrogens is 640 g/mol. The summed E-state index contributed by atoms with van der Waals surface area (Å²) in [5.41, 5.74) is 6.05. The zero-order chi connectivity index (χ0) is 33.2. The van der Waals surface area contributed by atoms with E-state index in [0.29, 0.717) is 38.1 Å². The fraction of sp³-hybridized carbons (Fsp3) is 1.00.